The summed E-state index contributed by atoms with van der Waals surface area (Å²) in [6, 6.07) is 12.9. The van der Waals surface area contributed by atoms with Crippen LogP contribution in [-0.4, -0.2) is 22.2 Å². The van der Waals surface area contributed by atoms with E-state index < -0.39 is 11.9 Å². The maximum absolute atomic E-state index is 11.5. The Morgan fingerprint density at radius 3 is 2.00 bits per heavy atom. The Labute approximate surface area is 189 Å². The number of hydrogen-bond donors (Lipinski definition) is 2. The number of unbranched alkanes of at least 4 members (excludes halogenated alkanes) is 4. The third-order valence-electron chi connectivity index (χ3n) is 4.25. The number of carboxylic acids is 1. The number of carbonyl (C=O) groups excluding carboxylic acids is 1. The van der Waals surface area contributed by atoms with E-state index in [4.69, 9.17) is 14.6 Å². The molecule has 0 saturated heterocycles. The number of aromatic carboxylic acids is 1. The molecule has 172 valence electrons. The van der Waals surface area contributed by atoms with Crippen LogP contribution in [0.3, 0.4) is 0 Å². The molecule has 6 heteroatoms. The number of hydrogen-bond acceptors (Lipinski definition) is 5. The number of rotatable bonds is 11. The van der Waals surface area contributed by atoms with Gasteiger partial charge in [0.25, 0.3) is 0 Å². The lowest BCUT2D eigenvalue weighted by atomic mass is 10.2. The zero-order valence-electron chi connectivity index (χ0n) is 18.7. The Kier molecular flexibility index (Phi) is 13.4. The van der Waals surface area contributed by atoms with E-state index in [1.54, 1.807) is 42.7 Å². The molecule has 0 aliphatic carbocycles. The quantitative estimate of drug-likeness (QED) is 0.229. The fourth-order valence-electron chi connectivity index (χ4n) is 2.47. The Bertz CT molecular complexity index is 885. The molecular weight excluding hydrogens is 408 g/mol. The normalized spacial score (nSPS) is 10.6. The zero-order chi connectivity index (χ0) is 23.6. The van der Waals surface area contributed by atoms with Crippen LogP contribution < -0.4 is 4.74 Å². The second-order valence-electron chi connectivity index (χ2n) is 6.87. The minimum absolute atomic E-state index is 0.0607. The molecule has 0 unspecified atom stereocenters. The van der Waals surface area contributed by atoms with Crippen molar-refractivity contribution < 1.29 is 29.3 Å². The lowest BCUT2D eigenvalue weighted by Gasteiger charge is -2.03. The van der Waals surface area contributed by atoms with Crippen LogP contribution in [-0.2, 0) is 4.74 Å². The van der Waals surface area contributed by atoms with Gasteiger partial charge in [-0.1, -0.05) is 51.0 Å². The number of para-hydroxylation sites is 2. The number of allylic oxidation sites excluding steroid dienone is 2. The average Bonchev–Trinajstić information content (AvgIpc) is 2.79. The van der Waals surface area contributed by atoms with Crippen molar-refractivity contribution in [2.75, 3.05) is 0 Å². The van der Waals surface area contributed by atoms with Gasteiger partial charge in [0.1, 0.15) is 22.6 Å². The smallest absolute Gasteiger partial charge is 0.346 e. The van der Waals surface area contributed by atoms with Gasteiger partial charge in [-0.2, -0.15) is 0 Å². The Balaban J connectivity index is 0.000000320. The van der Waals surface area contributed by atoms with E-state index in [1.807, 2.05) is 6.08 Å². The summed E-state index contributed by atoms with van der Waals surface area (Å²) >= 11 is 0. The summed E-state index contributed by atoms with van der Waals surface area (Å²) in [6.07, 6.45) is 12.9. The summed E-state index contributed by atoms with van der Waals surface area (Å²) in [5, 5.41) is 18.3. The average molecular weight is 441 g/mol. The van der Waals surface area contributed by atoms with Crippen molar-refractivity contribution in [2.24, 2.45) is 0 Å². The molecule has 32 heavy (non-hydrogen) atoms. The largest absolute Gasteiger partial charge is 0.507 e. The maximum atomic E-state index is 11.5. The summed E-state index contributed by atoms with van der Waals surface area (Å²) in [6.45, 7) is 4.22. The summed E-state index contributed by atoms with van der Waals surface area (Å²) in [4.78, 5) is 22.3. The zero-order valence-corrected chi connectivity index (χ0v) is 18.7. The fraction of sp³-hybridized carbons (Fsp3) is 0.308. The lowest BCUT2D eigenvalue weighted by molar-refractivity contribution is 0.0656. The number of carboxylic acid groups (broad SMARTS) is 1. The van der Waals surface area contributed by atoms with Crippen LogP contribution in [0, 0.1) is 0 Å². The highest BCUT2D eigenvalue weighted by Gasteiger charge is 2.10. The van der Waals surface area contributed by atoms with Crippen LogP contribution in [0.15, 0.2) is 73.2 Å². The summed E-state index contributed by atoms with van der Waals surface area (Å²) < 4.78 is 10.2. The molecule has 2 aromatic carbocycles. The number of esters is 1. The van der Waals surface area contributed by atoms with Gasteiger partial charge in [0, 0.05) is 0 Å². The predicted molar refractivity (Wildman–Crippen MR) is 125 cm³/mol. The molecule has 2 aromatic rings. The molecule has 0 saturated carbocycles. The van der Waals surface area contributed by atoms with Crippen LogP contribution in [0.5, 0.6) is 11.5 Å². The van der Waals surface area contributed by atoms with Crippen molar-refractivity contribution in [2.45, 2.75) is 52.4 Å². The predicted octanol–water partition coefficient (Wildman–Crippen LogP) is 6.72. The van der Waals surface area contributed by atoms with Gasteiger partial charge in [-0.3, -0.25) is 0 Å². The molecule has 0 heterocycles. The van der Waals surface area contributed by atoms with E-state index in [0.29, 0.717) is 5.75 Å². The molecule has 0 radical (unpaired) electrons. The molecular formula is C26H32O6. The Morgan fingerprint density at radius 1 is 0.844 bits per heavy atom. The molecule has 6 nitrogen and oxygen atoms in total. The topological polar surface area (TPSA) is 93.1 Å². The van der Waals surface area contributed by atoms with Crippen molar-refractivity contribution in [1.82, 2.24) is 0 Å². The van der Waals surface area contributed by atoms with Gasteiger partial charge in [-0.15, -0.1) is 0 Å². The van der Waals surface area contributed by atoms with Gasteiger partial charge >= 0.3 is 11.9 Å². The minimum atomic E-state index is -0.974. The number of carbonyl (C=O) groups is 2. The maximum Gasteiger partial charge on any atom is 0.346 e. The van der Waals surface area contributed by atoms with Gasteiger partial charge in [-0.05, 0) is 62.1 Å². The Hall–Kier alpha value is -3.54. The lowest BCUT2D eigenvalue weighted by Crippen LogP contribution is -2.00. The number of phenols is 1. The molecule has 0 fully saturated rings. The molecule has 0 aromatic heterocycles. The van der Waals surface area contributed by atoms with E-state index in [-0.39, 0.29) is 16.9 Å². The number of benzene rings is 2. The summed E-state index contributed by atoms with van der Waals surface area (Å²) in [5.74, 6) is -1.19. The van der Waals surface area contributed by atoms with E-state index in [1.165, 1.54) is 24.5 Å². The molecule has 0 bridgehead atoms. The van der Waals surface area contributed by atoms with Crippen molar-refractivity contribution >= 4 is 11.9 Å². The van der Waals surface area contributed by atoms with E-state index in [9.17, 15) is 14.7 Å². The highest BCUT2D eigenvalue weighted by Crippen LogP contribution is 2.18. The van der Waals surface area contributed by atoms with Gasteiger partial charge in [0.15, 0.2) is 0 Å². The highest BCUT2D eigenvalue weighted by atomic mass is 16.5. The second-order valence-corrected chi connectivity index (χ2v) is 6.87. The molecule has 0 amide bonds. The first-order valence-corrected chi connectivity index (χ1v) is 10.8. The van der Waals surface area contributed by atoms with Crippen LogP contribution >= 0.6 is 0 Å². The number of phenolic OH excluding ortho intramolecular Hbond substituents is 1. The van der Waals surface area contributed by atoms with Crippen LogP contribution in [0.4, 0.5) is 0 Å². The van der Waals surface area contributed by atoms with Gasteiger partial charge in [-0.25, -0.2) is 9.59 Å². The highest BCUT2D eigenvalue weighted by molar-refractivity contribution is 5.92. The van der Waals surface area contributed by atoms with Gasteiger partial charge < -0.3 is 19.7 Å². The van der Waals surface area contributed by atoms with Crippen LogP contribution in [0.1, 0.15) is 73.1 Å². The molecule has 2 rings (SSSR count). The van der Waals surface area contributed by atoms with Crippen molar-refractivity contribution in [1.29, 1.82) is 0 Å². The first kappa shape index (κ1) is 26.5. The van der Waals surface area contributed by atoms with E-state index >= 15 is 0 Å². The number of aromatic hydroxyl groups is 1. The van der Waals surface area contributed by atoms with Crippen LogP contribution in [0.25, 0.3) is 0 Å². The molecule has 0 aliphatic rings. The number of ether oxygens (including phenoxy) is 2. The third kappa shape index (κ3) is 10.5. The monoisotopic (exact) mass is 440 g/mol. The second kappa shape index (κ2) is 16.2. The fourth-order valence-corrected chi connectivity index (χ4v) is 2.47. The molecule has 0 atom stereocenters. The van der Waals surface area contributed by atoms with Crippen molar-refractivity contribution in [3.63, 3.8) is 0 Å². The standard InChI is InChI=1S/2C13H16O3/c1-2-3-4-7-10-16-12-9-6-5-8-11(12)13(14)15;1-2-3-4-7-10-16-13(15)11-8-5-6-9-12(11)14/h5-10H,2-4H2,1H3,(H,14,15);5-10,14H,2-4H2,1H3. The minimum Gasteiger partial charge on any atom is -0.507 e. The molecule has 2 N–H and O–H groups in total. The van der Waals surface area contributed by atoms with Crippen LogP contribution in [0.2, 0.25) is 0 Å². The van der Waals surface area contributed by atoms with Gasteiger partial charge in [0.2, 0.25) is 0 Å². The summed E-state index contributed by atoms with van der Waals surface area (Å²) in [5.41, 5.74) is 0.366. The third-order valence-corrected chi connectivity index (χ3v) is 4.25. The first-order valence-electron chi connectivity index (χ1n) is 10.8. The molecule has 0 aliphatic heterocycles. The van der Waals surface area contributed by atoms with Gasteiger partial charge in [0.05, 0.1) is 12.5 Å². The first-order chi connectivity index (χ1) is 15.5. The van der Waals surface area contributed by atoms with Crippen molar-refractivity contribution in [3.05, 3.63) is 84.3 Å². The SMILES string of the molecule is CCCCC=COC(=O)c1ccccc1O.CCCCC=COc1ccccc1C(=O)O. The van der Waals surface area contributed by atoms with Crippen molar-refractivity contribution in [3.8, 4) is 11.5 Å². The van der Waals surface area contributed by atoms with E-state index in [0.717, 1.165) is 38.5 Å². The molecule has 0 spiro atoms. The van der Waals surface area contributed by atoms with E-state index in [2.05, 4.69) is 13.8 Å². The Morgan fingerprint density at radius 2 is 1.41 bits per heavy atom. The summed E-state index contributed by atoms with van der Waals surface area (Å²) in [7, 11) is 0.